The van der Waals surface area contributed by atoms with E-state index in [1.54, 1.807) is 6.07 Å². The standard InChI is InChI=1S/C9H7ClFN3S/c10-4-2-1-3-5(11)6(4)7-8(12)14-9(13)15-7/h1-3H,12H2,(H2,13,14). The number of nitrogen functional groups attached to an aromatic ring is 2. The summed E-state index contributed by atoms with van der Waals surface area (Å²) < 4.78 is 13.5. The van der Waals surface area contributed by atoms with Gasteiger partial charge in [-0.05, 0) is 12.1 Å². The lowest BCUT2D eigenvalue weighted by Gasteiger charge is -2.02. The van der Waals surface area contributed by atoms with Gasteiger partial charge in [0.15, 0.2) is 5.13 Å². The van der Waals surface area contributed by atoms with E-state index in [1.807, 2.05) is 0 Å². The van der Waals surface area contributed by atoms with Gasteiger partial charge >= 0.3 is 0 Å². The van der Waals surface area contributed by atoms with E-state index in [9.17, 15) is 4.39 Å². The van der Waals surface area contributed by atoms with Crippen LogP contribution in [0.15, 0.2) is 18.2 Å². The summed E-state index contributed by atoms with van der Waals surface area (Å²) in [4.78, 5) is 4.29. The van der Waals surface area contributed by atoms with Crippen molar-refractivity contribution in [2.45, 2.75) is 0 Å². The fourth-order valence-electron chi connectivity index (χ4n) is 1.24. The molecule has 2 rings (SSSR count). The van der Waals surface area contributed by atoms with E-state index in [2.05, 4.69) is 4.98 Å². The van der Waals surface area contributed by atoms with E-state index >= 15 is 0 Å². The van der Waals surface area contributed by atoms with Crippen LogP contribution in [0, 0.1) is 5.82 Å². The van der Waals surface area contributed by atoms with Crippen molar-refractivity contribution in [1.82, 2.24) is 4.98 Å². The van der Waals surface area contributed by atoms with Crippen LogP contribution < -0.4 is 11.5 Å². The van der Waals surface area contributed by atoms with Crippen molar-refractivity contribution in [2.24, 2.45) is 0 Å². The summed E-state index contributed by atoms with van der Waals surface area (Å²) in [6.07, 6.45) is 0. The lowest BCUT2D eigenvalue weighted by Crippen LogP contribution is -1.90. The Kier molecular flexibility index (Phi) is 2.50. The van der Waals surface area contributed by atoms with Crippen LogP contribution in [0.2, 0.25) is 5.02 Å². The van der Waals surface area contributed by atoms with E-state index in [1.165, 1.54) is 12.1 Å². The van der Waals surface area contributed by atoms with Gasteiger partial charge in [0.05, 0.1) is 9.90 Å². The highest BCUT2D eigenvalue weighted by Crippen LogP contribution is 2.38. The molecular weight excluding hydrogens is 237 g/mol. The molecule has 0 amide bonds. The minimum absolute atomic E-state index is 0.199. The summed E-state index contributed by atoms with van der Waals surface area (Å²) in [7, 11) is 0. The number of hydrogen-bond acceptors (Lipinski definition) is 4. The Morgan fingerprint density at radius 2 is 2.07 bits per heavy atom. The maximum absolute atomic E-state index is 13.5. The van der Waals surface area contributed by atoms with Gasteiger partial charge in [-0.3, -0.25) is 0 Å². The Balaban J connectivity index is 2.68. The van der Waals surface area contributed by atoms with Crippen molar-refractivity contribution >= 4 is 33.9 Å². The molecule has 0 radical (unpaired) electrons. The third-order valence-electron chi connectivity index (χ3n) is 1.86. The van der Waals surface area contributed by atoms with Crippen molar-refractivity contribution in [2.75, 3.05) is 11.5 Å². The minimum atomic E-state index is -0.433. The first kappa shape index (κ1) is 10.2. The normalized spacial score (nSPS) is 10.5. The molecule has 0 spiro atoms. The van der Waals surface area contributed by atoms with Gasteiger partial charge in [0, 0.05) is 5.56 Å². The summed E-state index contributed by atoms with van der Waals surface area (Å²) in [6.45, 7) is 0. The number of hydrogen-bond donors (Lipinski definition) is 2. The van der Waals surface area contributed by atoms with Gasteiger partial charge < -0.3 is 11.5 Å². The Morgan fingerprint density at radius 1 is 1.33 bits per heavy atom. The molecular formula is C9H7ClFN3S. The van der Waals surface area contributed by atoms with Crippen molar-refractivity contribution in [1.29, 1.82) is 0 Å². The highest BCUT2D eigenvalue weighted by molar-refractivity contribution is 7.19. The number of nitrogens with zero attached hydrogens (tertiary/aromatic N) is 1. The Labute approximate surface area is 94.5 Å². The van der Waals surface area contributed by atoms with Gasteiger partial charge in [0.1, 0.15) is 11.6 Å². The molecule has 15 heavy (non-hydrogen) atoms. The molecule has 0 aliphatic carbocycles. The highest BCUT2D eigenvalue weighted by Gasteiger charge is 2.16. The van der Waals surface area contributed by atoms with Crippen LogP contribution in [0.3, 0.4) is 0 Å². The number of thiazole rings is 1. The highest BCUT2D eigenvalue weighted by atomic mass is 35.5. The van der Waals surface area contributed by atoms with Gasteiger partial charge in [0.2, 0.25) is 0 Å². The van der Waals surface area contributed by atoms with E-state index < -0.39 is 5.82 Å². The number of halogens is 2. The summed E-state index contributed by atoms with van der Waals surface area (Å²) in [6, 6.07) is 4.44. The van der Waals surface area contributed by atoms with Crippen LogP contribution >= 0.6 is 22.9 Å². The molecule has 0 fully saturated rings. The van der Waals surface area contributed by atoms with E-state index in [-0.39, 0.29) is 11.4 Å². The molecule has 0 saturated heterocycles. The van der Waals surface area contributed by atoms with Gasteiger partial charge in [0.25, 0.3) is 0 Å². The molecule has 4 N–H and O–H groups in total. The van der Waals surface area contributed by atoms with Gasteiger partial charge in [-0.1, -0.05) is 29.0 Å². The van der Waals surface area contributed by atoms with Crippen LogP contribution in [0.25, 0.3) is 10.4 Å². The maximum Gasteiger partial charge on any atom is 0.182 e. The summed E-state index contributed by atoms with van der Waals surface area (Å²) in [5, 5.41) is 0.590. The predicted molar refractivity (Wildman–Crippen MR) is 61.3 cm³/mol. The zero-order valence-corrected chi connectivity index (χ0v) is 9.07. The SMILES string of the molecule is Nc1nc(N)c(-c2c(F)cccc2Cl)s1. The summed E-state index contributed by atoms with van der Waals surface area (Å²) >= 11 is 7.00. The van der Waals surface area contributed by atoms with Gasteiger partial charge in [-0.25, -0.2) is 9.37 Å². The lowest BCUT2D eigenvalue weighted by atomic mass is 10.2. The average Bonchev–Trinajstić information content (AvgIpc) is 2.45. The number of anilines is 2. The third kappa shape index (κ3) is 1.75. The molecule has 0 atom stereocenters. The van der Waals surface area contributed by atoms with Gasteiger partial charge in [-0.2, -0.15) is 0 Å². The molecule has 0 aliphatic rings. The lowest BCUT2D eigenvalue weighted by molar-refractivity contribution is 0.632. The number of rotatable bonds is 1. The quantitative estimate of drug-likeness (QED) is 0.810. The van der Waals surface area contributed by atoms with E-state index in [4.69, 9.17) is 23.1 Å². The topological polar surface area (TPSA) is 64.9 Å². The minimum Gasteiger partial charge on any atom is -0.382 e. The fourth-order valence-corrected chi connectivity index (χ4v) is 2.37. The van der Waals surface area contributed by atoms with Crippen LogP contribution in [0.1, 0.15) is 0 Å². The van der Waals surface area contributed by atoms with Crippen LogP contribution in [0.5, 0.6) is 0 Å². The largest absolute Gasteiger partial charge is 0.382 e. The molecule has 2 aromatic rings. The summed E-state index contributed by atoms with van der Waals surface area (Å²) in [5.74, 6) is -0.234. The number of aromatic nitrogens is 1. The molecule has 0 unspecified atom stereocenters. The second kappa shape index (κ2) is 3.67. The Bertz CT molecular complexity index is 492. The zero-order valence-electron chi connectivity index (χ0n) is 7.50. The smallest absolute Gasteiger partial charge is 0.182 e. The molecule has 1 heterocycles. The maximum atomic E-state index is 13.5. The third-order valence-corrected chi connectivity index (χ3v) is 3.09. The second-order valence-electron chi connectivity index (χ2n) is 2.86. The molecule has 6 heteroatoms. The molecule has 0 saturated carbocycles. The first-order valence-corrected chi connectivity index (χ1v) is 5.25. The van der Waals surface area contributed by atoms with Crippen LogP contribution in [0.4, 0.5) is 15.3 Å². The van der Waals surface area contributed by atoms with E-state index in [0.29, 0.717) is 15.0 Å². The van der Waals surface area contributed by atoms with Crippen molar-refractivity contribution in [3.63, 3.8) is 0 Å². The monoisotopic (exact) mass is 243 g/mol. The molecule has 78 valence electrons. The number of benzene rings is 1. The Morgan fingerprint density at radius 3 is 2.60 bits per heavy atom. The van der Waals surface area contributed by atoms with Crippen molar-refractivity contribution in [3.05, 3.63) is 29.0 Å². The molecule has 3 nitrogen and oxygen atoms in total. The summed E-state index contributed by atoms with van der Waals surface area (Å²) in [5.41, 5.74) is 11.3. The van der Waals surface area contributed by atoms with Gasteiger partial charge in [-0.15, -0.1) is 0 Å². The fraction of sp³-hybridized carbons (Fsp3) is 0. The zero-order chi connectivity index (χ0) is 11.0. The van der Waals surface area contributed by atoms with E-state index in [0.717, 1.165) is 11.3 Å². The molecule has 1 aromatic carbocycles. The van der Waals surface area contributed by atoms with Crippen molar-refractivity contribution < 1.29 is 4.39 Å². The molecule has 0 aliphatic heterocycles. The molecule has 0 bridgehead atoms. The molecule has 1 aromatic heterocycles. The second-order valence-corrected chi connectivity index (χ2v) is 4.30. The van der Waals surface area contributed by atoms with Crippen LogP contribution in [-0.4, -0.2) is 4.98 Å². The van der Waals surface area contributed by atoms with Crippen LogP contribution in [-0.2, 0) is 0 Å². The average molecular weight is 244 g/mol. The predicted octanol–water partition coefficient (Wildman–Crippen LogP) is 2.77. The first-order valence-electron chi connectivity index (χ1n) is 4.05. The van der Waals surface area contributed by atoms with Crippen molar-refractivity contribution in [3.8, 4) is 10.4 Å². The first-order chi connectivity index (χ1) is 7.09. The number of nitrogens with two attached hydrogens (primary N) is 2. The Hall–Kier alpha value is -1.33.